The zero-order valence-electron chi connectivity index (χ0n) is 17.2. The van der Waals surface area contributed by atoms with Crippen LogP contribution in [0.15, 0.2) is 48.7 Å². The molecule has 1 aromatic carbocycles. The van der Waals surface area contributed by atoms with E-state index in [4.69, 9.17) is 0 Å². The van der Waals surface area contributed by atoms with Crippen molar-refractivity contribution in [3.63, 3.8) is 0 Å². The Morgan fingerprint density at radius 3 is 2.65 bits per heavy atom. The molecule has 3 aromatic rings. The van der Waals surface area contributed by atoms with Gasteiger partial charge in [-0.05, 0) is 43.5 Å². The minimum Gasteiger partial charge on any atom is -0.354 e. The van der Waals surface area contributed by atoms with Crippen LogP contribution >= 0.6 is 0 Å². The molecule has 1 saturated heterocycles. The maximum Gasteiger partial charge on any atom is 0.276 e. The van der Waals surface area contributed by atoms with Crippen LogP contribution in [0.1, 0.15) is 46.9 Å². The lowest BCUT2D eigenvalue weighted by molar-refractivity contribution is 0.0760. The van der Waals surface area contributed by atoms with E-state index in [1.54, 1.807) is 18.3 Å². The molecule has 0 radical (unpaired) electrons. The minimum atomic E-state index is -0.0625. The number of aromatic nitrogens is 4. The van der Waals surface area contributed by atoms with Gasteiger partial charge in [0.1, 0.15) is 11.9 Å². The van der Waals surface area contributed by atoms with E-state index in [0.29, 0.717) is 42.6 Å². The number of nitriles is 1. The van der Waals surface area contributed by atoms with Crippen LogP contribution in [-0.4, -0.2) is 57.0 Å². The average Bonchev–Trinajstić information content (AvgIpc) is 3.61. The first-order chi connectivity index (χ1) is 15.3. The van der Waals surface area contributed by atoms with Crippen LogP contribution in [0.2, 0.25) is 0 Å². The lowest BCUT2D eigenvalue weighted by Crippen LogP contribution is -2.36. The molecule has 0 bridgehead atoms. The highest BCUT2D eigenvalue weighted by Gasteiger charge is 2.36. The topological polar surface area (TPSA) is 90.9 Å². The number of pyridine rings is 1. The SMILES string of the molecule is N#Cc1cccnc1N1CCCN(C(=O)c2nnn(-c3ccccc3)c2C2CC2)CC1. The molecule has 1 saturated carbocycles. The van der Waals surface area contributed by atoms with Crippen molar-refractivity contribution in [2.45, 2.75) is 25.2 Å². The maximum atomic E-state index is 13.4. The molecule has 1 amide bonds. The quantitative estimate of drug-likeness (QED) is 0.653. The summed E-state index contributed by atoms with van der Waals surface area (Å²) in [6.45, 7) is 2.58. The number of hydrogen-bond acceptors (Lipinski definition) is 6. The van der Waals surface area contributed by atoms with Crippen molar-refractivity contribution < 1.29 is 4.79 Å². The molecule has 2 aliphatic rings. The van der Waals surface area contributed by atoms with Crippen LogP contribution in [-0.2, 0) is 0 Å². The number of nitrogens with zero attached hydrogens (tertiary/aromatic N) is 7. The van der Waals surface area contributed by atoms with E-state index < -0.39 is 0 Å². The monoisotopic (exact) mass is 413 g/mol. The van der Waals surface area contributed by atoms with E-state index in [-0.39, 0.29) is 5.91 Å². The molecule has 2 fully saturated rings. The van der Waals surface area contributed by atoms with Crippen molar-refractivity contribution >= 4 is 11.7 Å². The van der Waals surface area contributed by atoms with Gasteiger partial charge in [0, 0.05) is 38.3 Å². The van der Waals surface area contributed by atoms with E-state index in [9.17, 15) is 10.1 Å². The number of rotatable bonds is 4. The zero-order valence-corrected chi connectivity index (χ0v) is 17.2. The first-order valence-corrected chi connectivity index (χ1v) is 10.7. The smallest absolute Gasteiger partial charge is 0.276 e. The van der Waals surface area contributed by atoms with Crippen molar-refractivity contribution in [1.29, 1.82) is 5.26 Å². The van der Waals surface area contributed by atoms with Gasteiger partial charge < -0.3 is 9.80 Å². The first-order valence-electron chi connectivity index (χ1n) is 10.7. The lowest BCUT2D eigenvalue weighted by Gasteiger charge is -2.23. The summed E-state index contributed by atoms with van der Waals surface area (Å²) in [5.41, 5.74) is 2.88. The number of para-hydroxylation sites is 1. The summed E-state index contributed by atoms with van der Waals surface area (Å²) in [5, 5.41) is 18.0. The Hall–Kier alpha value is -3.73. The molecule has 0 atom stereocenters. The van der Waals surface area contributed by atoms with Crippen LogP contribution < -0.4 is 4.90 Å². The van der Waals surface area contributed by atoms with E-state index in [2.05, 4.69) is 26.3 Å². The van der Waals surface area contributed by atoms with Crippen LogP contribution in [0.25, 0.3) is 5.69 Å². The first kappa shape index (κ1) is 19.2. The Morgan fingerprint density at radius 2 is 1.87 bits per heavy atom. The molecular weight excluding hydrogens is 390 g/mol. The average molecular weight is 413 g/mol. The summed E-state index contributed by atoms with van der Waals surface area (Å²) in [5.74, 6) is 0.963. The van der Waals surface area contributed by atoms with Crippen molar-refractivity contribution in [2.24, 2.45) is 0 Å². The summed E-state index contributed by atoms with van der Waals surface area (Å²) in [7, 11) is 0. The number of amides is 1. The van der Waals surface area contributed by atoms with Crippen molar-refractivity contribution in [3.8, 4) is 11.8 Å². The van der Waals surface area contributed by atoms with Gasteiger partial charge in [-0.2, -0.15) is 5.26 Å². The Labute approximate surface area is 180 Å². The number of carbonyl (C=O) groups excluding carboxylic acids is 1. The van der Waals surface area contributed by atoms with Crippen LogP contribution in [0.3, 0.4) is 0 Å². The van der Waals surface area contributed by atoms with Gasteiger partial charge in [0.15, 0.2) is 5.69 Å². The fraction of sp³-hybridized carbons (Fsp3) is 0.348. The van der Waals surface area contributed by atoms with Gasteiger partial charge in [0.05, 0.1) is 16.9 Å². The third kappa shape index (κ3) is 3.75. The molecule has 8 heteroatoms. The van der Waals surface area contributed by atoms with E-state index in [1.807, 2.05) is 39.9 Å². The van der Waals surface area contributed by atoms with Gasteiger partial charge in [-0.1, -0.05) is 23.4 Å². The molecule has 0 spiro atoms. The highest BCUT2D eigenvalue weighted by atomic mass is 16.2. The van der Waals surface area contributed by atoms with E-state index in [0.717, 1.165) is 37.2 Å². The van der Waals surface area contributed by atoms with Crippen LogP contribution in [0.5, 0.6) is 0 Å². The molecule has 156 valence electrons. The largest absolute Gasteiger partial charge is 0.354 e. The Balaban J connectivity index is 1.38. The van der Waals surface area contributed by atoms with Crippen molar-refractivity contribution in [3.05, 3.63) is 65.6 Å². The van der Waals surface area contributed by atoms with E-state index >= 15 is 0 Å². The Bertz CT molecular complexity index is 1130. The van der Waals surface area contributed by atoms with Crippen LogP contribution in [0, 0.1) is 11.3 Å². The predicted molar refractivity (Wildman–Crippen MR) is 115 cm³/mol. The van der Waals surface area contributed by atoms with Crippen LogP contribution in [0.4, 0.5) is 5.82 Å². The van der Waals surface area contributed by atoms with Crippen molar-refractivity contribution in [1.82, 2.24) is 24.9 Å². The number of hydrogen-bond donors (Lipinski definition) is 0. The standard InChI is InChI=1S/C23H23N7O/c24-16-18-6-4-11-25-22(18)28-12-5-13-29(15-14-28)23(31)20-21(17-9-10-17)30(27-26-20)19-7-2-1-3-8-19/h1-4,6-8,11,17H,5,9-10,12-15H2. The van der Waals surface area contributed by atoms with Gasteiger partial charge in [-0.25, -0.2) is 9.67 Å². The number of anilines is 1. The molecule has 1 aliphatic heterocycles. The highest BCUT2D eigenvalue weighted by molar-refractivity contribution is 5.93. The summed E-state index contributed by atoms with van der Waals surface area (Å²) in [6, 6.07) is 15.6. The molecule has 0 unspecified atom stereocenters. The number of carbonyl (C=O) groups is 1. The molecular formula is C23H23N7O. The third-order valence-electron chi connectivity index (χ3n) is 5.86. The molecule has 2 aromatic heterocycles. The Morgan fingerprint density at radius 1 is 1.03 bits per heavy atom. The summed E-state index contributed by atoms with van der Waals surface area (Å²) in [6.07, 6.45) is 4.63. The van der Waals surface area contributed by atoms with Gasteiger partial charge in [0.2, 0.25) is 0 Å². The highest BCUT2D eigenvalue weighted by Crippen LogP contribution is 2.42. The predicted octanol–water partition coefficient (Wildman–Crippen LogP) is 2.76. The molecule has 8 nitrogen and oxygen atoms in total. The summed E-state index contributed by atoms with van der Waals surface area (Å²) in [4.78, 5) is 21.8. The molecule has 3 heterocycles. The normalized spacial score (nSPS) is 16.6. The zero-order chi connectivity index (χ0) is 21.2. The van der Waals surface area contributed by atoms with Gasteiger partial charge in [-0.3, -0.25) is 4.79 Å². The Kier molecular flexibility index (Phi) is 5.08. The lowest BCUT2D eigenvalue weighted by atomic mass is 10.2. The fourth-order valence-corrected chi connectivity index (χ4v) is 4.14. The molecule has 0 N–H and O–H groups in total. The molecule has 5 rings (SSSR count). The van der Waals surface area contributed by atoms with Crippen molar-refractivity contribution in [2.75, 3.05) is 31.1 Å². The number of benzene rings is 1. The second kappa shape index (κ2) is 8.19. The van der Waals surface area contributed by atoms with Gasteiger partial charge >= 0.3 is 0 Å². The fourth-order valence-electron chi connectivity index (χ4n) is 4.14. The molecule has 1 aliphatic carbocycles. The van der Waals surface area contributed by atoms with Gasteiger partial charge in [-0.15, -0.1) is 5.10 Å². The third-order valence-corrected chi connectivity index (χ3v) is 5.86. The van der Waals surface area contributed by atoms with Gasteiger partial charge in [0.25, 0.3) is 5.91 Å². The summed E-state index contributed by atoms with van der Waals surface area (Å²) >= 11 is 0. The second-order valence-corrected chi connectivity index (χ2v) is 7.96. The van der Waals surface area contributed by atoms with E-state index in [1.165, 1.54) is 0 Å². The minimum absolute atomic E-state index is 0.0625. The maximum absolute atomic E-state index is 13.4. The molecule has 31 heavy (non-hydrogen) atoms. The summed E-state index contributed by atoms with van der Waals surface area (Å²) < 4.78 is 1.82. The second-order valence-electron chi connectivity index (χ2n) is 7.96.